The average molecular weight is 413 g/mol. The van der Waals surface area contributed by atoms with Crippen LogP contribution < -0.4 is 10.1 Å². The first-order valence-corrected chi connectivity index (χ1v) is 9.21. The van der Waals surface area contributed by atoms with Crippen molar-refractivity contribution in [3.05, 3.63) is 49.8 Å². The molecule has 0 bridgehead atoms. The fourth-order valence-corrected chi connectivity index (χ4v) is 3.30. The first kappa shape index (κ1) is 20.7. The molecule has 2 aromatic rings. The van der Waals surface area contributed by atoms with Crippen LogP contribution in [0.5, 0.6) is 5.75 Å². The number of nitrogens with zero attached hydrogens (tertiary/aromatic N) is 1. The van der Waals surface area contributed by atoms with Crippen molar-refractivity contribution in [2.45, 2.75) is 20.3 Å². The fraction of sp³-hybridized carbons (Fsp3) is 0.294. The zero-order valence-electron chi connectivity index (χ0n) is 14.6. The number of thiophene rings is 1. The highest BCUT2D eigenvalue weighted by atomic mass is 35.5. The Labute approximate surface area is 164 Å². The number of nitro groups is 1. The molecule has 1 heterocycles. The van der Waals surface area contributed by atoms with Crippen molar-refractivity contribution in [1.82, 2.24) is 0 Å². The Morgan fingerprint density at radius 2 is 2.04 bits per heavy atom. The molecule has 8 nitrogen and oxygen atoms in total. The van der Waals surface area contributed by atoms with Gasteiger partial charge >= 0.3 is 11.7 Å². The second-order valence-electron chi connectivity index (χ2n) is 5.24. The number of nitro benzene ring substituents is 1. The molecule has 0 saturated carbocycles. The molecule has 0 aliphatic heterocycles. The van der Waals surface area contributed by atoms with E-state index >= 15 is 0 Å². The van der Waals surface area contributed by atoms with E-state index in [0.29, 0.717) is 11.4 Å². The highest BCUT2D eigenvalue weighted by molar-refractivity contribution is 7.16. The molecule has 0 aliphatic rings. The number of carbonyl (C=O) groups is 2. The molecule has 1 aromatic carbocycles. The normalized spacial score (nSPS) is 10.3. The van der Waals surface area contributed by atoms with Crippen molar-refractivity contribution in [2.24, 2.45) is 0 Å². The van der Waals surface area contributed by atoms with Crippen LogP contribution in [0.4, 0.5) is 10.7 Å². The number of esters is 1. The van der Waals surface area contributed by atoms with E-state index in [1.54, 1.807) is 13.0 Å². The third-order valence-electron chi connectivity index (χ3n) is 3.36. The van der Waals surface area contributed by atoms with Gasteiger partial charge in [-0.1, -0.05) is 18.5 Å². The number of carbonyl (C=O) groups excluding carboxylic acids is 2. The molecule has 0 spiro atoms. The quantitative estimate of drug-likeness (QED) is 0.398. The van der Waals surface area contributed by atoms with Crippen LogP contribution in [-0.4, -0.2) is 30.0 Å². The van der Waals surface area contributed by atoms with E-state index in [-0.39, 0.29) is 28.6 Å². The van der Waals surface area contributed by atoms with Gasteiger partial charge in [0.1, 0.15) is 5.00 Å². The summed E-state index contributed by atoms with van der Waals surface area (Å²) < 4.78 is 10.2. The maximum absolute atomic E-state index is 12.2. The van der Waals surface area contributed by atoms with Crippen molar-refractivity contribution in [3.8, 4) is 5.75 Å². The van der Waals surface area contributed by atoms with Gasteiger partial charge in [-0.3, -0.25) is 14.9 Å². The zero-order chi connectivity index (χ0) is 20.0. The number of ether oxygens (including phenoxy) is 2. The average Bonchev–Trinajstić information content (AvgIpc) is 3.03. The van der Waals surface area contributed by atoms with E-state index in [1.165, 1.54) is 23.5 Å². The molecule has 1 N–H and O–H groups in total. The molecule has 0 fully saturated rings. The summed E-state index contributed by atoms with van der Waals surface area (Å²) in [5.74, 6) is -1.17. The van der Waals surface area contributed by atoms with Crippen LogP contribution in [0.3, 0.4) is 0 Å². The Morgan fingerprint density at radius 1 is 1.30 bits per heavy atom. The van der Waals surface area contributed by atoms with Gasteiger partial charge in [0.25, 0.3) is 5.91 Å². The molecule has 2 rings (SSSR count). The molecule has 0 atom stereocenters. The molecule has 0 aliphatic carbocycles. The number of rotatable bonds is 8. The summed E-state index contributed by atoms with van der Waals surface area (Å²) in [4.78, 5) is 35.5. The third-order valence-corrected chi connectivity index (χ3v) is 4.79. The van der Waals surface area contributed by atoms with Gasteiger partial charge < -0.3 is 14.8 Å². The standard InChI is InChI=1S/C17H17ClN2O6S/c1-3-11-8-12(17(22)25-4-2)16(27-11)19-15(21)9-26-14-6-5-10(18)7-13(14)20(23)24/h5-8H,3-4,9H2,1-2H3,(H,19,21). The minimum absolute atomic E-state index is 0.0782. The van der Waals surface area contributed by atoms with Crippen molar-refractivity contribution in [1.29, 1.82) is 0 Å². The molecule has 144 valence electrons. The SMILES string of the molecule is CCOC(=O)c1cc(CC)sc1NC(=O)COc1ccc(Cl)cc1[N+](=O)[O-]. The third kappa shape index (κ3) is 5.41. The maximum Gasteiger partial charge on any atom is 0.341 e. The Kier molecular flexibility index (Phi) is 7.14. The number of halogens is 1. The first-order chi connectivity index (χ1) is 12.8. The van der Waals surface area contributed by atoms with Gasteiger partial charge in [-0.15, -0.1) is 11.3 Å². The molecular formula is C17H17ClN2O6S. The van der Waals surface area contributed by atoms with Crippen molar-refractivity contribution in [2.75, 3.05) is 18.5 Å². The number of aryl methyl sites for hydroxylation is 1. The van der Waals surface area contributed by atoms with Crippen LogP contribution in [0.25, 0.3) is 0 Å². The zero-order valence-corrected chi connectivity index (χ0v) is 16.2. The number of nitrogens with one attached hydrogen (secondary N) is 1. The lowest BCUT2D eigenvalue weighted by atomic mass is 10.2. The summed E-state index contributed by atoms with van der Waals surface area (Å²) in [6.07, 6.45) is 0.695. The van der Waals surface area contributed by atoms with Gasteiger partial charge in [0.2, 0.25) is 0 Å². The first-order valence-electron chi connectivity index (χ1n) is 8.02. The largest absolute Gasteiger partial charge is 0.477 e. The number of benzene rings is 1. The Hall–Kier alpha value is -2.65. The van der Waals surface area contributed by atoms with Crippen LogP contribution in [0.15, 0.2) is 24.3 Å². The van der Waals surface area contributed by atoms with E-state index < -0.39 is 23.4 Å². The summed E-state index contributed by atoms with van der Waals surface area (Å²) in [6, 6.07) is 5.55. The Morgan fingerprint density at radius 3 is 2.67 bits per heavy atom. The highest BCUT2D eigenvalue weighted by Crippen LogP contribution is 2.31. The molecular weight excluding hydrogens is 396 g/mol. The summed E-state index contributed by atoms with van der Waals surface area (Å²) in [5.41, 5.74) is -0.0728. The second-order valence-corrected chi connectivity index (χ2v) is 6.81. The van der Waals surface area contributed by atoms with Crippen LogP contribution in [0, 0.1) is 10.1 Å². The van der Waals surface area contributed by atoms with Gasteiger partial charge in [-0.05, 0) is 31.5 Å². The van der Waals surface area contributed by atoms with Crippen molar-refractivity contribution in [3.63, 3.8) is 0 Å². The number of anilines is 1. The topological polar surface area (TPSA) is 108 Å². The molecule has 1 aromatic heterocycles. The highest BCUT2D eigenvalue weighted by Gasteiger charge is 2.20. The fourth-order valence-electron chi connectivity index (χ4n) is 2.13. The lowest BCUT2D eigenvalue weighted by Gasteiger charge is -2.08. The van der Waals surface area contributed by atoms with Gasteiger partial charge in [-0.25, -0.2) is 4.79 Å². The predicted molar refractivity (Wildman–Crippen MR) is 102 cm³/mol. The van der Waals surface area contributed by atoms with E-state index in [9.17, 15) is 19.7 Å². The second kappa shape index (κ2) is 9.33. The van der Waals surface area contributed by atoms with E-state index in [2.05, 4.69) is 5.32 Å². The Bertz CT molecular complexity index is 867. The monoisotopic (exact) mass is 412 g/mol. The van der Waals surface area contributed by atoms with Crippen molar-refractivity contribution < 1.29 is 24.0 Å². The summed E-state index contributed by atoms with van der Waals surface area (Å²) in [7, 11) is 0. The van der Waals surface area contributed by atoms with Crippen LogP contribution in [-0.2, 0) is 16.0 Å². The van der Waals surface area contributed by atoms with Gasteiger partial charge in [0.05, 0.1) is 17.1 Å². The molecule has 27 heavy (non-hydrogen) atoms. The number of amides is 1. The van der Waals surface area contributed by atoms with E-state index in [1.807, 2.05) is 6.92 Å². The van der Waals surface area contributed by atoms with Crippen LogP contribution in [0.1, 0.15) is 29.1 Å². The predicted octanol–water partition coefficient (Wildman–Crippen LogP) is 4.07. The minimum atomic E-state index is -0.648. The minimum Gasteiger partial charge on any atom is -0.477 e. The molecule has 10 heteroatoms. The van der Waals surface area contributed by atoms with Gasteiger partial charge in [0, 0.05) is 16.0 Å². The summed E-state index contributed by atoms with van der Waals surface area (Å²) >= 11 is 7.00. The molecule has 1 amide bonds. The van der Waals surface area contributed by atoms with E-state index in [4.69, 9.17) is 21.1 Å². The van der Waals surface area contributed by atoms with Gasteiger partial charge in [-0.2, -0.15) is 0 Å². The lowest BCUT2D eigenvalue weighted by molar-refractivity contribution is -0.385. The number of hydrogen-bond acceptors (Lipinski definition) is 7. The molecule has 0 radical (unpaired) electrons. The van der Waals surface area contributed by atoms with Crippen molar-refractivity contribution >= 4 is 45.5 Å². The Balaban J connectivity index is 2.10. The lowest BCUT2D eigenvalue weighted by Crippen LogP contribution is -2.21. The van der Waals surface area contributed by atoms with E-state index in [0.717, 1.165) is 10.9 Å². The molecule has 0 saturated heterocycles. The van der Waals surface area contributed by atoms with Gasteiger partial charge in [0.15, 0.2) is 12.4 Å². The number of hydrogen-bond donors (Lipinski definition) is 1. The van der Waals surface area contributed by atoms with Crippen LogP contribution >= 0.6 is 22.9 Å². The summed E-state index contributed by atoms with van der Waals surface area (Å²) in [6.45, 7) is 3.36. The smallest absolute Gasteiger partial charge is 0.341 e. The van der Waals surface area contributed by atoms with Crippen LogP contribution in [0.2, 0.25) is 5.02 Å². The summed E-state index contributed by atoms with van der Waals surface area (Å²) in [5, 5.41) is 14.2. The molecule has 0 unspecified atom stereocenters. The maximum atomic E-state index is 12.2.